The van der Waals surface area contributed by atoms with Gasteiger partial charge in [0.1, 0.15) is 5.82 Å². The number of likely N-dealkylation sites (tertiary alicyclic amines) is 1. The fourth-order valence-corrected chi connectivity index (χ4v) is 5.22. The summed E-state index contributed by atoms with van der Waals surface area (Å²) in [6, 6.07) is 20.0. The molecule has 3 aromatic carbocycles. The number of nitrogens with one attached hydrogen (secondary N) is 2. The molecule has 5 nitrogen and oxygen atoms in total. The van der Waals surface area contributed by atoms with Crippen molar-refractivity contribution in [2.75, 3.05) is 13.1 Å². The maximum absolute atomic E-state index is 13.1. The van der Waals surface area contributed by atoms with E-state index in [2.05, 4.69) is 62.3 Å². The minimum atomic E-state index is -0.353. The fourth-order valence-electron chi connectivity index (χ4n) is 5.22. The van der Waals surface area contributed by atoms with E-state index in [1.165, 1.54) is 46.6 Å². The van der Waals surface area contributed by atoms with Crippen LogP contribution in [0, 0.1) is 19.7 Å². The van der Waals surface area contributed by atoms with Gasteiger partial charge in [-0.1, -0.05) is 55.7 Å². The number of fused-ring (bicyclic) bond motifs is 1. The van der Waals surface area contributed by atoms with Gasteiger partial charge in [0, 0.05) is 46.9 Å². The molecule has 4 aromatic rings. The van der Waals surface area contributed by atoms with Gasteiger partial charge in [-0.25, -0.2) is 4.39 Å². The lowest BCUT2D eigenvalue weighted by Gasteiger charge is -2.32. The average Bonchev–Trinajstić information content (AvgIpc) is 3.32. The van der Waals surface area contributed by atoms with Gasteiger partial charge >= 0.3 is 0 Å². The number of aryl methyl sites for hydroxylation is 4. The van der Waals surface area contributed by atoms with E-state index < -0.39 is 0 Å². The molecule has 2 N–H and O–H groups in total. The highest BCUT2D eigenvalue weighted by Crippen LogP contribution is 2.26. The molecule has 5 rings (SSSR count). The molecule has 0 aliphatic carbocycles. The summed E-state index contributed by atoms with van der Waals surface area (Å²) in [4.78, 5) is 30.8. The van der Waals surface area contributed by atoms with Crippen molar-refractivity contribution in [3.63, 3.8) is 0 Å². The number of amides is 2. The van der Waals surface area contributed by atoms with E-state index in [0.29, 0.717) is 37.1 Å². The third-order valence-corrected chi connectivity index (χ3v) is 7.54. The highest BCUT2D eigenvalue weighted by Gasteiger charge is 2.25. The lowest BCUT2D eigenvalue weighted by Crippen LogP contribution is -2.46. The number of halogens is 1. The molecular weight excluding hydrogens is 501 g/mol. The molecular formula is C34H40FN3O2. The topological polar surface area (TPSA) is 65.2 Å². The van der Waals surface area contributed by atoms with Crippen LogP contribution in [-0.2, 0) is 12.8 Å². The first-order valence-electron chi connectivity index (χ1n) is 14.3. The number of carbonyl (C=O) groups excluding carboxylic acids is 2. The molecule has 1 fully saturated rings. The van der Waals surface area contributed by atoms with Gasteiger partial charge in [0.15, 0.2) is 0 Å². The molecule has 6 heteroatoms. The fraction of sp³-hybridized carbons (Fsp3) is 0.353. The maximum Gasteiger partial charge on any atom is 0.253 e. The Morgan fingerprint density at radius 2 is 1.50 bits per heavy atom. The van der Waals surface area contributed by atoms with Crippen LogP contribution in [0.2, 0.25) is 0 Å². The van der Waals surface area contributed by atoms with Crippen molar-refractivity contribution in [3.8, 4) is 0 Å². The highest BCUT2D eigenvalue weighted by atomic mass is 19.1. The number of piperidine rings is 1. The molecule has 2 heterocycles. The average molecular weight is 542 g/mol. The summed E-state index contributed by atoms with van der Waals surface area (Å²) in [5, 5.41) is 4.27. The van der Waals surface area contributed by atoms with Gasteiger partial charge in [0.05, 0.1) is 0 Å². The summed E-state index contributed by atoms with van der Waals surface area (Å²) in [7, 11) is 0. The molecule has 0 atom stereocenters. The van der Waals surface area contributed by atoms with Crippen molar-refractivity contribution in [3.05, 3.63) is 106 Å². The van der Waals surface area contributed by atoms with Crippen LogP contribution in [0.4, 0.5) is 4.39 Å². The molecule has 1 aromatic heterocycles. The molecule has 0 radical (unpaired) electrons. The Bertz CT molecular complexity index is 1410. The summed E-state index contributed by atoms with van der Waals surface area (Å²) in [6.07, 6.45) is 4.42. The molecule has 1 aliphatic heterocycles. The number of aromatic nitrogens is 1. The summed E-state index contributed by atoms with van der Waals surface area (Å²) in [6.45, 7) is 9.65. The lowest BCUT2D eigenvalue weighted by atomic mass is 10.0. The second-order valence-corrected chi connectivity index (χ2v) is 10.6. The second kappa shape index (κ2) is 13.4. The molecule has 1 aliphatic rings. The molecule has 1 saturated heterocycles. The molecule has 0 unspecified atom stereocenters. The van der Waals surface area contributed by atoms with Crippen LogP contribution in [0.1, 0.15) is 76.2 Å². The Hall–Kier alpha value is -3.93. The van der Waals surface area contributed by atoms with Crippen molar-refractivity contribution in [2.45, 2.75) is 65.8 Å². The molecule has 0 bridgehead atoms. The van der Waals surface area contributed by atoms with Crippen molar-refractivity contribution in [1.82, 2.24) is 15.2 Å². The van der Waals surface area contributed by atoms with Gasteiger partial charge in [-0.3, -0.25) is 9.59 Å². The normalized spacial score (nSPS) is 13.6. The summed E-state index contributed by atoms with van der Waals surface area (Å²) in [5.41, 5.74) is 7.45. The zero-order chi connectivity index (χ0) is 28.6. The number of aromatic amines is 1. The third-order valence-electron chi connectivity index (χ3n) is 7.54. The molecule has 40 heavy (non-hydrogen) atoms. The van der Waals surface area contributed by atoms with Crippen LogP contribution in [0.25, 0.3) is 10.9 Å². The maximum atomic E-state index is 13.1. The number of carbonyl (C=O) groups is 2. The standard InChI is InChI=1S/C26H30FN3O2.C8H10/c1-3-5-23-21(4-2)22-16-18(8-11-24(22)29-23)25(31)28-20-12-14-30(15-13-20)26(32)17-6-9-19(27)10-7-17;1-7-3-5-8(2)6-4-7/h6-11,16,20,29H,3-5,12-15H2,1-2H3,(H,28,31);3-6H,1-2H3. The number of H-pyrrole nitrogens is 1. The monoisotopic (exact) mass is 541 g/mol. The predicted octanol–water partition coefficient (Wildman–Crippen LogP) is 7.16. The van der Waals surface area contributed by atoms with Gasteiger partial charge in [-0.05, 0) is 87.6 Å². The Morgan fingerprint density at radius 1 is 0.900 bits per heavy atom. The number of hydrogen-bond donors (Lipinski definition) is 2. The van der Waals surface area contributed by atoms with Crippen molar-refractivity contribution >= 4 is 22.7 Å². The highest BCUT2D eigenvalue weighted by molar-refractivity contribution is 5.99. The number of hydrogen-bond acceptors (Lipinski definition) is 2. The number of benzene rings is 3. The number of nitrogens with zero attached hydrogens (tertiary/aromatic N) is 1. The third kappa shape index (κ3) is 7.17. The van der Waals surface area contributed by atoms with Crippen LogP contribution in [0.3, 0.4) is 0 Å². The van der Waals surface area contributed by atoms with E-state index in [0.717, 1.165) is 30.2 Å². The SMILES string of the molecule is CCCc1[nH]c2ccc(C(=O)NC3CCN(C(=O)c4ccc(F)cc4)CC3)cc2c1CC.Cc1ccc(C)cc1. The van der Waals surface area contributed by atoms with Gasteiger partial charge < -0.3 is 15.2 Å². The Kier molecular flexibility index (Phi) is 9.75. The van der Waals surface area contributed by atoms with Crippen LogP contribution in [-0.4, -0.2) is 40.8 Å². The largest absolute Gasteiger partial charge is 0.358 e. The van der Waals surface area contributed by atoms with Gasteiger partial charge in [-0.15, -0.1) is 0 Å². The first kappa shape index (κ1) is 29.1. The van der Waals surface area contributed by atoms with Crippen LogP contribution >= 0.6 is 0 Å². The quantitative estimate of drug-likeness (QED) is 0.272. The summed E-state index contributed by atoms with van der Waals surface area (Å²) >= 11 is 0. The van der Waals surface area contributed by atoms with Crippen LogP contribution in [0.5, 0.6) is 0 Å². The lowest BCUT2D eigenvalue weighted by molar-refractivity contribution is 0.0698. The first-order valence-corrected chi connectivity index (χ1v) is 14.3. The first-order chi connectivity index (χ1) is 19.3. The van der Waals surface area contributed by atoms with E-state index in [1.54, 1.807) is 4.90 Å². The Labute approximate surface area is 236 Å². The number of rotatable bonds is 6. The van der Waals surface area contributed by atoms with E-state index in [-0.39, 0.29) is 23.7 Å². The van der Waals surface area contributed by atoms with Gasteiger partial charge in [0.25, 0.3) is 11.8 Å². The summed E-state index contributed by atoms with van der Waals surface area (Å²) in [5.74, 6) is -0.522. The Morgan fingerprint density at radius 3 is 2.08 bits per heavy atom. The smallest absolute Gasteiger partial charge is 0.253 e. The minimum absolute atomic E-state index is 0.0305. The molecule has 0 saturated carbocycles. The predicted molar refractivity (Wildman–Crippen MR) is 160 cm³/mol. The van der Waals surface area contributed by atoms with E-state index >= 15 is 0 Å². The van der Waals surface area contributed by atoms with E-state index in [9.17, 15) is 14.0 Å². The van der Waals surface area contributed by atoms with Crippen molar-refractivity contribution in [2.24, 2.45) is 0 Å². The molecule has 2 amide bonds. The van der Waals surface area contributed by atoms with Crippen LogP contribution in [0.15, 0.2) is 66.7 Å². The zero-order valence-corrected chi connectivity index (χ0v) is 24.0. The van der Waals surface area contributed by atoms with Crippen molar-refractivity contribution < 1.29 is 14.0 Å². The second-order valence-electron chi connectivity index (χ2n) is 10.6. The van der Waals surface area contributed by atoms with Crippen LogP contribution < -0.4 is 5.32 Å². The van der Waals surface area contributed by atoms with Gasteiger partial charge in [-0.2, -0.15) is 0 Å². The minimum Gasteiger partial charge on any atom is -0.358 e. The van der Waals surface area contributed by atoms with Crippen molar-refractivity contribution in [1.29, 1.82) is 0 Å². The Balaban J connectivity index is 0.000000398. The van der Waals surface area contributed by atoms with E-state index in [4.69, 9.17) is 0 Å². The van der Waals surface area contributed by atoms with Gasteiger partial charge in [0.2, 0.25) is 0 Å². The zero-order valence-electron chi connectivity index (χ0n) is 24.0. The summed E-state index contributed by atoms with van der Waals surface area (Å²) < 4.78 is 13.1. The molecule has 210 valence electrons. The molecule has 0 spiro atoms. The van der Waals surface area contributed by atoms with E-state index in [1.807, 2.05) is 18.2 Å².